The number of nitrogens with zero attached hydrogens (tertiary/aromatic N) is 1. The largest absolute Gasteiger partial charge is 0.355 e. The van der Waals surface area contributed by atoms with Crippen molar-refractivity contribution in [2.45, 2.75) is 14.9 Å². The smallest absolute Gasteiger partial charge is 0.180 e. The van der Waals surface area contributed by atoms with Crippen molar-refractivity contribution >= 4 is 145 Å². The van der Waals surface area contributed by atoms with Crippen molar-refractivity contribution in [1.82, 2.24) is 0 Å². The van der Waals surface area contributed by atoms with Gasteiger partial charge in [0.1, 0.15) is 0 Å². The number of hydrogen-bond donors (Lipinski definition) is 1. The molecule has 0 aromatic heterocycles. The zero-order valence-electron chi connectivity index (χ0n) is 57.7. The first kappa shape index (κ1) is 68.9. The molecule has 0 spiro atoms. The van der Waals surface area contributed by atoms with Gasteiger partial charge in [0.2, 0.25) is 0 Å². The molecule has 0 saturated heterocycles. The second-order valence-electron chi connectivity index (χ2n) is 27.1. The summed E-state index contributed by atoms with van der Waals surface area (Å²) in [6, 6.07) is 155. The van der Waals surface area contributed by atoms with Gasteiger partial charge in [-0.05, 0) is 179 Å². The van der Waals surface area contributed by atoms with Gasteiger partial charge in [-0.2, -0.15) is 0 Å². The summed E-state index contributed by atoms with van der Waals surface area (Å²) < 4.78 is 1.14. The van der Waals surface area contributed by atoms with Crippen LogP contribution >= 0.6 is 15.9 Å². The van der Waals surface area contributed by atoms with Gasteiger partial charge in [0.25, 0.3) is 0 Å². The molecule has 0 unspecified atom stereocenters. The van der Waals surface area contributed by atoms with E-state index >= 15 is 0 Å². The molecule has 2 heterocycles. The molecule has 0 amide bonds. The Labute approximate surface area is 639 Å². The molecule has 18 aromatic rings. The second-order valence-corrected chi connectivity index (χ2v) is 35.5. The van der Waals surface area contributed by atoms with E-state index in [0.29, 0.717) is 0 Å². The molecule has 0 fully saturated rings. The van der Waals surface area contributed by atoms with Gasteiger partial charge < -0.3 is 10.2 Å². The minimum Gasteiger partial charge on any atom is -0.355 e. The first-order valence-electron chi connectivity index (χ1n) is 36.1. The summed E-state index contributed by atoms with van der Waals surface area (Å²) in [5.74, 6) is 0. The van der Waals surface area contributed by atoms with Crippen LogP contribution < -0.4 is 51.7 Å². The average Bonchev–Trinajstić information content (AvgIpc) is 1.55. The summed E-state index contributed by atoms with van der Waals surface area (Å²) in [7, 11) is -4.86. The SMILES string of the molecule is Brc1ccc2c(c1)-c1ccccc1[Si]2(c1ccccc1)c1ccccc1.C.C.c1ccc(-c2ccc(N(c3ccc4c(c3)-c3ccccc3[Si]4(c3ccccc3)c3ccccc3)c3cc4ccccc4c4ccccc34)cc2)cc1.c1ccc(-c2ccc(Nc3cc4ccccc4c4ccccc34)cc2)cc1. The monoisotopic (exact) mass is 1470 g/mol. The second kappa shape index (κ2) is 29.9. The molecule has 0 aliphatic carbocycles. The van der Waals surface area contributed by atoms with E-state index in [1.807, 2.05) is 6.07 Å². The number of halogens is 1. The summed E-state index contributed by atoms with van der Waals surface area (Å²) in [4.78, 5) is 2.47. The molecule has 2 nitrogen and oxygen atoms in total. The third-order valence-corrected chi connectivity index (χ3v) is 31.6. The van der Waals surface area contributed by atoms with Gasteiger partial charge in [-0.3, -0.25) is 0 Å². The van der Waals surface area contributed by atoms with E-state index in [4.69, 9.17) is 0 Å². The fourth-order valence-electron chi connectivity index (χ4n) is 16.8. The Morgan fingerprint density at radius 2 is 0.570 bits per heavy atom. The maximum atomic E-state index is 3.68. The number of nitrogens with one attached hydrogen (secondary N) is 1. The number of fused-ring (bicyclic) bond motifs is 12. The highest BCUT2D eigenvalue weighted by Gasteiger charge is 2.50. The number of hydrogen-bond acceptors (Lipinski definition) is 2. The molecule has 18 aromatic carbocycles. The fraction of sp³-hybridized carbons (Fsp3) is 0.0196. The molecule has 0 radical (unpaired) electrons. The van der Waals surface area contributed by atoms with Crippen LogP contribution in [-0.4, -0.2) is 16.1 Å². The minimum absolute atomic E-state index is 0. The van der Waals surface area contributed by atoms with Crippen LogP contribution in [0.4, 0.5) is 28.4 Å². The Bertz CT molecular complexity index is 6100. The molecular formula is C102H79BrN2Si2. The molecule has 0 bridgehead atoms. The van der Waals surface area contributed by atoms with Crippen molar-refractivity contribution in [1.29, 1.82) is 0 Å². The predicted molar refractivity (Wildman–Crippen MR) is 471 cm³/mol. The predicted octanol–water partition coefficient (Wildman–Crippen LogP) is 23.0. The van der Waals surface area contributed by atoms with E-state index in [1.165, 1.54) is 135 Å². The Hall–Kier alpha value is -12.5. The lowest BCUT2D eigenvalue weighted by Crippen LogP contribution is -2.72. The molecular weight excluding hydrogens is 1390 g/mol. The van der Waals surface area contributed by atoms with Gasteiger partial charge in [-0.15, -0.1) is 0 Å². The van der Waals surface area contributed by atoms with Crippen LogP contribution in [0.2, 0.25) is 0 Å². The Balaban J connectivity index is 0.000000134. The van der Waals surface area contributed by atoms with Crippen LogP contribution in [0.25, 0.3) is 87.6 Å². The van der Waals surface area contributed by atoms with Gasteiger partial charge in [0.15, 0.2) is 16.1 Å². The molecule has 1 N–H and O–H groups in total. The maximum absolute atomic E-state index is 3.68. The third kappa shape index (κ3) is 12.4. The van der Waals surface area contributed by atoms with Crippen LogP contribution in [0, 0.1) is 0 Å². The quantitative estimate of drug-likeness (QED) is 0.103. The van der Waals surface area contributed by atoms with Gasteiger partial charge in [-0.25, -0.2) is 0 Å². The normalized spacial score (nSPS) is 12.3. The molecule has 2 aliphatic heterocycles. The van der Waals surface area contributed by atoms with Gasteiger partial charge in [-0.1, -0.05) is 395 Å². The van der Waals surface area contributed by atoms with Gasteiger partial charge in [0, 0.05) is 38.0 Å². The molecule has 5 heteroatoms. The Morgan fingerprint density at radius 1 is 0.234 bits per heavy atom. The zero-order valence-corrected chi connectivity index (χ0v) is 61.3. The number of benzene rings is 18. The van der Waals surface area contributed by atoms with E-state index in [0.717, 1.165) is 27.2 Å². The van der Waals surface area contributed by atoms with E-state index in [9.17, 15) is 0 Å². The van der Waals surface area contributed by atoms with Gasteiger partial charge in [0.05, 0.1) is 5.69 Å². The highest BCUT2D eigenvalue weighted by molar-refractivity contribution is 9.10. The van der Waals surface area contributed by atoms with Crippen LogP contribution in [-0.2, 0) is 0 Å². The third-order valence-electron chi connectivity index (χ3n) is 21.4. The lowest BCUT2D eigenvalue weighted by molar-refractivity contribution is 1.30. The zero-order chi connectivity index (χ0) is 70.1. The first-order chi connectivity index (χ1) is 52.0. The van der Waals surface area contributed by atoms with E-state index in [2.05, 4.69) is 445 Å². The topological polar surface area (TPSA) is 15.3 Å². The molecule has 20 rings (SSSR count). The Morgan fingerprint density at radius 3 is 1.06 bits per heavy atom. The lowest BCUT2D eigenvalue weighted by Gasteiger charge is -2.32. The maximum Gasteiger partial charge on any atom is 0.180 e. The van der Waals surface area contributed by atoms with Crippen molar-refractivity contribution < 1.29 is 0 Å². The highest BCUT2D eigenvalue weighted by Crippen LogP contribution is 2.45. The molecule has 107 heavy (non-hydrogen) atoms. The van der Waals surface area contributed by atoms with Crippen LogP contribution in [0.5, 0.6) is 0 Å². The van der Waals surface area contributed by atoms with Crippen molar-refractivity contribution in [2.75, 3.05) is 10.2 Å². The Kier molecular flexibility index (Phi) is 19.3. The van der Waals surface area contributed by atoms with E-state index in [1.54, 1.807) is 0 Å². The highest BCUT2D eigenvalue weighted by atomic mass is 79.9. The fourth-order valence-corrected chi connectivity index (χ4v) is 27.5. The van der Waals surface area contributed by atoms with Crippen molar-refractivity contribution in [3.05, 3.63) is 429 Å². The van der Waals surface area contributed by atoms with E-state index in [-0.39, 0.29) is 14.9 Å². The molecule has 512 valence electrons. The molecule has 0 atom stereocenters. The molecule has 0 saturated carbocycles. The first-order valence-corrected chi connectivity index (χ1v) is 40.9. The number of rotatable bonds is 11. The standard InChI is InChI=1S/C50H35NSi.C26H19N.C24H17BrSi.2CH4/c1-4-16-36(17-5-1)37-28-30-39(31-29-37)51(48-34-38-18-10-11-23-43(38)44-24-12-13-25-45(44)48)40-32-33-50-47(35-40)46-26-14-15-27-49(46)52(50,41-19-6-2-7-20-41)42-21-8-3-9-22-42;1-2-8-19(9-3-1)20-14-16-22(17-15-20)27-26-18-21-10-4-5-11-23(21)24-12-6-7-13-25(24)26;25-18-15-16-24-22(17-18)21-13-7-8-14-23(21)26(24,19-9-3-1-4-10-19)20-11-5-2-6-12-20;;/h1-35H;1-18,27H;1-17H;2*1H4. The molecule has 2 aliphatic rings. The van der Waals surface area contributed by atoms with Crippen LogP contribution in [0.1, 0.15) is 14.9 Å². The summed E-state index contributed by atoms with van der Waals surface area (Å²) in [5, 5.41) is 25.2. The lowest BCUT2D eigenvalue weighted by atomic mass is 9.98. The van der Waals surface area contributed by atoms with E-state index < -0.39 is 16.1 Å². The van der Waals surface area contributed by atoms with Gasteiger partial charge >= 0.3 is 0 Å². The number of anilines is 5. The average molecular weight is 1470 g/mol. The summed E-state index contributed by atoms with van der Waals surface area (Å²) in [6.45, 7) is 0. The van der Waals surface area contributed by atoms with Crippen LogP contribution in [0.15, 0.2) is 429 Å². The van der Waals surface area contributed by atoms with Crippen molar-refractivity contribution in [3.63, 3.8) is 0 Å². The summed E-state index contributed by atoms with van der Waals surface area (Å²) >= 11 is 3.68. The summed E-state index contributed by atoms with van der Waals surface area (Å²) in [6.07, 6.45) is 0. The minimum atomic E-state index is -2.59. The van der Waals surface area contributed by atoms with Crippen molar-refractivity contribution in [3.8, 4) is 44.5 Å². The van der Waals surface area contributed by atoms with Crippen LogP contribution in [0.3, 0.4) is 0 Å². The summed E-state index contributed by atoms with van der Waals surface area (Å²) in [5.41, 5.74) is 16.0. The van der Waals surface area contributed by atoms with Crippen molar-refractivity contribution in [2.24, 2.45) is 0 Å².